The van der Waals surface area contributed by atoms with E-state index in [-0.39, 0.29) is 35.3 Å². The summed E-state index contributed by atoms with van der Waals surface area (Å²) in [4.78, 5) is 24.6. The van der Waals surface area contributed by atoms with Crippen molar-refractivity contribution in [3.63, 3.8) is 0 Å². The summed E-state index contributed by atoms with van der Waals surface area (Å²) in [5, 5.41) is 10.4. The van der Waals surface area contributed by atoms with Gasteiger partial charge in [0.15, 0.2) is 17.4 Å². The largest absolute Gasteiger partial charge is 0.476 e. The Hall–Kier alpha value is -3.07. The van der Waals surface area contributed by atoms with Crippen molar-refractivity contribution >= 4 is 42.4 Å². The van der Waals surface area contributed by atoms with Crippen molar-refractivity contribution in [3.05, 3.63) is 36.7 Å². The predicted octanol–water partition coefficient (Wildman–Crippen LogP) is 3.10. The molecule has 0 spiro atoms. The molecule has 224 valence electrons. The quantitative estimate of drug-likeness (QED) is 0.153. The fraction of sp³-hybridized carbons (Fsp3) is 0.500. The zero-order valence-electron chi connectivity index (χ0n) is 22.6. The highest BCUT2D eigenvalue weighted by molar-refractivity contribution is 7.52. The van der Waals surface area contributed by atoms with Gasteiger partial charge in [-0.1, -0.05) is 29.8 Å². The van der Waals surface area contributed by atoms with Crippen molar-refractivity contribution in [2.24, 2.45) is 0 Å². The Morgan fingerprint density at radius 1 is 1.32 bits per heavy atom. The average molecular weight is 617 g/mol. The van der Waals surface area contributed by atoms with Crippen molar-refractivity contribution in [1.82, 2.24) is 24.6 Å². The van der Waals surface area contributed by atoms with E-state index in [9.17, 15) is 14.5 Å². The second-order valence-electron chi connectivity index (χ2n) is 9.32. The first-order chi connectivity index (χ1) is 19.3. The summed E-state index contributed by atoms with van der Waals surface area (Å²) in [7, 11) is -4.34. The minimum atomic E-state index is -4.34. The number of aromatic nitrogens is 4. The topological polar surface area (TPSA) is 182 Å². The van der Waals surface area contributed by atoms with Crippen LogP contribution in [0.1, 0.15) is 33.9 Å². The molecule has 6 atom stereocenters. The third-order valence-corrected chi connectivity index (χ3v) is 7.81. The van der Waals surface area contributed by atoms with Crippen molar-refractivity contribution in [3.8, 4) is 11.6 Å². The molecular formula is C24H31ClFN6O8P. The number of esters is 1. The van der Waals surface area contributed by atoms with Crippen LogP contribution in [-0.4, -0.2) is 73.3 Å². The Balaban J connectivity index is 1.56. The molecule has 0 radical (unpaired) electrons. The van der Waals surface area contributed by atoms with Crippen LogP contribution in [0.15, 0.2) is 36.7 Å². The number of hydrogen-bond acceptors (Lipinski definition) is 12. The van der Waals surface area contributed by atoms with Crippen molar-refractivity contribution in [1.29, 1.82) is 0 Å². The molecule has 3 heterocycles. The molecule has 4 rings (SSSR count). The average Bonchev–Trinajstić information content (AvgIpc) is 3.41. The molecule has 2 aromatic heterocycles. The third-order valence-electron chi connectivity index (χ3n) is 5.75. The van der Waals surface area contributed by atoms with E-state index in [1.807, 2.05) is 0 Å². The van der Waals surface area contributed by atoms with Gasteiger partial charge in [0.25, 0.3) is 5.13 Å². The number of hydrogen-bond donors (Lipinski definition) is 3. The molecule has 1 aliphatic heterocycles. The van der Waals surface area contributed by atoms with Crippen LogP contribution in [0.5, 0.6) is 11.6 Å². The number of halogens is 2. The van der Waals surface area contributed by atoms with Crippen LogP contribution in [-0.2, 0) is 23.4 Å². The number of para-hydroxylation sites is 1. The molecule has 1 fully saturated rings. The lowest BCUT2D eigenvalue weighted by Gasteiger charge is -2.25. The number of nitrogens with two attached hydrogens (primary N) is 1. The minimum absolute atomic E-state index is 0.0413. The lowest BCUT2D eigenvalue weighted by Crippen LogP contribution is -2.40. The Morgan fingerprint density at radius 3 is 2.68 bits per heavy atom. The number of aliphatic hydroxyl groups is 1. The van der Waals surface area contributed by atoms with E-state index >= 15 is 4.39 Å². The molecule has 1 aromatic carbocycles. The second-order valence-corrected chi connectivity index (χ2v) is 11.6. The van der Waals surface area contributed by atoms with E-state index in [4.69, 9.17) is 40.6 Å². The van der Waals surface area contributed by atoms with Gasteiger partial charge in [-0.25, -0.2) is 13.9 Å². The monoisotopic (exact) mass is 616 g/mol. The maximum atomic E-state index is 15.8. The number of rotatable bonds is 12. The Labute approximate surface area is 239 Å². The van der Waals surface area contributed by atoms with Crippen LogP contribution in [0.25, 0.3) is 11.2 Å². The molecule has 17 heteroatoms. The van der Waals surface area contributed by atoms with E-state index in [2.05, 4.69) is 20.0 Å². The Kier molecular flexibility index (Phi) is 9.36. The number of anilines is 1. The summed E-state index contributed by atoms with van der Waals surface area (Å²) in [6.45, 7) is 6.06. The first-order valence-electron chi connectivity index (χ1n) is 12.7. The number of benzene rings is 1. The van der Waals surface area contributed by atoms with Gasteiger partial charge in [0.1, 0.15) is 24.0 Å². The Morgan fingerprint density at radius 2 is 2.02 bits per heavy atom. The third kappa shape index (κ3) is 6.88. The van der Waals surface area contributed by atoms with Gasteiger partial charge >= 0.3 is 13.7 Å². The summed E-state index contributed by atoms with van der Waals surface area (Å²) in [5.74, 6) is -0.652. The van der Waals surface area contributed by atoms with Crippen molar-refractivity contribution in [2.45, 2.75) is 63.4 Å². The highest BCUT2D eigenvalue weighted by Crippen LogP contribution is 2.49. The summed E-state index contributed by atoms with van der Waals surface area (Å²) >= 11 is 6.14. The van der Waals surface area contributed by atoms with E-state index < -0.39 is 56.0 Å². The summed E-state index contributed by atoms with van der Waals surface area (Å²) in [5.41, 5.74) is 5.99. The van der Waals surface area contributed by atoms with E-state index in [0.717, 1.165) is 4.57 Å². The number of carbonyl (C=O) groups is 1. The first kappa shape index (κ1) is 30.9. The van der Waals surface area contributed by atoms with Gasteiger partial charge in [-0.15, -0.1) is 0 Å². The number of imidazole rings is 1. The highest BCUT2D eigenvalue weighted by Gasteiger charge is 2.58. The summed E-state index contributed by atoms with van der Waals surface area (Å²) < 4.78 is 58.1. The number of nitrogens with one attached hydrogen (secondary N) is 1. The smallest absolute Gasteiger partial charge is 0.459 e. The lowest BCUT2D eigenvalue weighted by atomic mass is 10.1. The molecule has 0 saturated carbocycles. The number of fused-ring (bicyclic) bond motifs is 1. The van der Waals surface area contributed by atoms with Gasteiger partial charge in [0, 0.05) is 0 Å². The molecule has 1 saturated heterocycles. The zero-order chi connectivity index (χ0) is 29.9. The zero-order valence-corrected chi connectivity index (χ0v) is 24.3. The van der Waals surface area contributed by atoms with Gasteiger partial charge in [0.05, 0.1) is 25.6 Å². The van der Waals surface area contributed by atoms with Crippen LogP contribution in [0, 0.1) is 0 Å². The molecule has 0 bridgehead atoms. The molecule has 4 N–H and O–H groups in total. The number of carbonyl (C=O) groups excluding carboxylic acids is 1. The van der Waals surface area contributed by atoms with Gasteiger partial charge in [0.2, 0.25) is 11.8 Å². The number of ether oxygens (including phenoxy) is 3. The summed E-state index contributed by atoms with van der Waals surface area (Å²) in [6.07, 6.45) is -4.31. The highest BCUT2D eigenvalue weighted by atomic mass is 35.5. The van der Waals surface area contributed by atoms with Crippen LogP contribution in [0.3, 0.4) is 0 Å². The molecule has 41 heavy (non-hydrogen) atoms. The van der Waals surface area contributed by atoms with E-state index in [0.29, 0.717) is 0 Å². The van der Waals surface area contributed by atoms with Crippen molar-refractivity contribution in [2.75, 3.05) is 18.9 Å². The van der Waals surface area contributed by atoms with Gasteiger partial charge < -0.3 is 29.6 Å². The van der Waals surface area contributed by atoms with Crippen LogP contribution in [0.4, 0.5) is 10.3 Å². The van der Waals surface area contributed by atoms with E-state index in [1.54, 1.807) is 39.0 Å². The Bertz CT molecular complexity index is 1410. The standard InChI is InChI=1S/C24H31ClFN6O8P/c1-5-36-20-17-19(29-23(27)30-20)32(12-28-17)22-24(25,26)18(33)16(39-22)11-37-41(35,40-15-9-7-6-8-10-15)31-14(4)21(34)38-13(2)3/h6-10,12-14,16,18,22,33H,5,11H2,1-4H3,(H,31,35)(H2,27,29,30)/t14?,16-,18-,22-,24-,41?/m1/s1. The maximum Gasteiger partial charge on any atom is 0.459 e. The fourth-order valence-electron chi connectivity index (χ4n) is 3.93. The minimum Gasteiger partial charge on any atom is -0.476 e. The van der Waals surface area contributed by atoms with Crippen LogP contribution < -0.4 is 20.1 Å². The molecule has 3 aromatic rings. The molecule has 2 unspecified atom stereocenters. The second kappa shape index (κ2) is 12.4. The molecule has 1 aliphatic rings. The number of aliphatic hydroxyl groups excluding tert-OH is 1. The molecule has 14 nitrogen and oxygen atoms in total. The predicted molar refractivity (Wildman–Crippen MR) is 145 cm³/mol. The molecular weight excluding hydrogens is 586 g/mol. The van der Waals surface area contributed by atoms with Gasteiger partial charge in [-0.05, 0) is 39.8 Å². The normalized spacial score (nSPS) is 24.7. The van der Waals surface area contributed by atoms with Crippen molar-refractivity contribution < 1.29 is 42.1 Å². The van der Waals surface area contributed by atoms with Gasteiger partial charge in [-0.2, -0.15) is 15.1 Å². The van der Waals surface area contributed by atoms with Crippen LogP contribution in [0.2, 0.25) is 0 Å². The maximum absolute atomic E-state index is 15.8. The van der Waals surface area contributed by atoms with Crippen LogP contribution >= 0.6 is 19.3 Å². The number of alkyl halides is 2. The first-order valence-corrected chi connectivity index (χ1v) is 14.6. The van der Waals surface area contributed by atoms with E-state index in [1.165, 1.54) is 25.4 Å². The lowest BCUT2D eigenvalue weighted by molar-refractivity contribution is -0.149. The molecule has 0 amide bonds. The number of nitrogens with zero attached hydrogens (tertiary/aromatic N) is 4. The number of nitrogen functional groups attached to an aromatic ring is 1. The summed E-state index contributed by atoms with van der Waals surface area (Å²) in [6, 6.07) is 6.91. The van der Waals surface area contributed by atoms with Gasteiger partial charge in [-0.3, -0.25) is 13.9 Å². The fourth-order valence-corrected chi connectivity index (χ4v) is 5.73. The SMILES string of the molecule is CCOc1nc(N)nc2c1ncn2[C@@H]1O[C@H](COP(=O)(NC(C)C(=O)OC(C)C)Oc2ccccc2)[C@@H](O)[C@]1(F)Cl. The molecule has 0 aliphatic carbocycles.